The lowest BCUT2D eigenvalue weighted by molar-refractivity contribution is 0.154. The Hall–Kier alpha value is -1.16. The standard InChI is InChI=1S/C10H15N3O/c11-7-8-3-1-4-9(8)14-10-5-2-6-12-13-10/h2,5-6,8-9H,1,3-4,7,11H2. The number of rotatable bonds is 3. The van der Waals surface area contributed by atoms with Crippen molar-refractivity contribution in [2.45, 2.75) is 25.4 Å². The quantitative estimate of drug-likeness (QED) is 0.777. The molecule has 1 fully saturated rings. The number of nitrogens with zero attached hydrogens (tertiary/aromatic N) is 2. The molecule has 0 spiro atoms. The van der Waals surface area contributed by atoms with Crippen molar-refractivity contribution in [1.82, 2.24) is 10.2 Å². The van der Waals surface area contributed by atoms with Crippen molar-refractivity contribution in [3.63, 3.8) is 0 Å². The molecule has 0 bridgehead atoms. The zero-order valence-corrected chi connectivity index (χ0v) is 8.10. The van der Waals surface area contributed by atoms with Crippen molar-refractivity contribution in [2.24, 2.45) is 11.7 Å². The molecule has 2 atom stereocenters. The lowest BCUT2D eigenvalue weighted by atomic mass is 10.1. The Morgan fingerprint density at radius 3 is 3.14 bits per heavy atom. The summed E-state index contributed by atoms with van der Waals surface area (Å²) in [5.41, 5.74) is 5.66. The van der Waals surface area contributed by atoms with Crippen LogP contribution in [0.1, 0.15) is 19.3 Å². The van der Waals surface area contributed by atoms with Crippen molar-refractivity contribution in [2.75, 3.05) is 6.54 Å². The molecule has 2 N–H and O–H groups in total. The van der Waals surface area contributed by atoms with Crippen LogP contribution in [0, 0.1) is 5.92 Å². The summed E-state index contributed by atoms with van der Waals surface area (Å²) in [6.07, 6.45) is 5.32. The lowest BCUT2D eigenvalue weighted by Crippen LogP contribution is -2.27. The summed E-state index contributed by atoms with van der Waals surface area (Å²) in [5.74, 6) is 1.09. The highest BCUT2D eigenvalue weighted by molar-refractivity contribution is 5.06. The van der Waals surface area contributed by atoms with E-state index < -0.39 is 0 Å². The fourth-order valence-corrected chi connectivity index (χ4v) is 1.93. The Kier molecular flexibility index (Phi) is 2.93. The van der Waals surface area contributed by atoms with Crippen LogP contribution in [-0.2, 0) is 0 Å². The van der Waals surface area contributed by atoms with Gasteiger partial charge >= 0.3 is 0 Å². The van der Waals surface area contributed by atoms with Crippen molar-refractivity contribution < 1.29 is 4.74 Å². The van der Waals surface area contributed by atoms with Gasteiger partial charge in [-0.3, -0.25) is 0 Å². The Labute approximate surface area is 83.5 Å². The van der Waals surface area contributed by atoms with Crippen molar-refractivity contribution in [1.29, 1.82) is 0 Å². The van der Waals surface area contributed by atoms with Gasteiger partial charge in [-0.25, -0.2) is 0 Å². The summed E-state index contributed by atoms with van der Waals surface area (Å²) in [7, 11) is 0. The minimum atomic E-state index is 0.233. The Bertz CT molecular complexity index is 278. The average Bonchev–Trinajstić information content (AvgIpc) is 2.67. The monoisotopic (exact) mass is 193 g/mol. The van der Waals surface area contributed by atoms with E-state index in [-0.39, 0.29) is 6.10 Å². The van der Waals surface area contributed by atoms with Gasteiger partial charge in [0.25, 0.3) is 0 Å². The van der Waals surface area contributed by atoms with E-state index in [9.17, 15) is 0 Å². The Morgan fingerprint density at radius 2 is 2.43 bits per heavy atom. The fourth-order valence-electron chi connectivity index (χ4n) is 1.93. The number of aromatic nitrogens is 2. The second-order valence-electron chi connectivity index (χ2n) is 3.64. The van der Waals surface area contributed by atoms with Gasteiger partial charge < -0.3 is 10.5 Å². The SMILES string of the molecule is NCC1CCCC1Oc1cccnn1. The van der Waals surface area contributed by atoms with Crippen LogP contribution in [0.2, 0.25) is 0 Å². The molecule has 0 aliphatic heterocycles. The van der Waals surface area contributed by atoms with Crippen LogP contribution in [-0.4, -0.2) is 22.8 Å². The van der Waals surface area contributed by atoms with Gasteiger partial charge in [-0.1, -0.05) is 0 Å². The molecule has 1 heterocycles. The van der Waals surface area contributed by atoms with Crippen LogP contribution in [0.4, 0.5) is 0 Å². The minimum Gasteiger partial charge on any atom is -0.473 e. The first-order chi connectivity index (χ1) is 6.90. The van der Waals surface area contributed by atoms with Crippen LogP contribution in [0.5, 0.6) is 5.88 Å². The van der Waals surface area contributed by atoms with Gasteiger partial charge in [-0.15, -0.1) is 5.10 Å². The zero-order chi connectivity index (χ0) is 9.80. The molecule has 14 heavy (non-hydrogen) atoms. The van der Waals surface area contributed by atoms with Gasteiger partial charge in [0.15, 0.2) is 0 Å². The van der Waals surface area contributed by atoms with Gasteiger partial charge in [0.05, 0.1) is 0 Å². The first kappa shape index (κ1) is 9.40. The first-order valence-electron chi connectivity index (χ1n) is 5.04. The Balaban J connectivity index is 1.97. The summed E-state index contributed by atoms with van der Waals surface area (Å²) in [6, 6.07) is 3.66. The molecule has 2 unspecified atom stereocenters. The minimum absolute atomic E-state index is 0.233. The molecule has 1 aromatic rings. The van der Waals surface area contributed by atoms with Crippen molar-refractivity contribution >= 4 is 0 Å². The van der Waals surface area contributed by atoms with E-state index in [1.165, 1.54) is 12.8 Å². The maximum atomic E-state index is 5.73. The lowest BCUT2D eigenvalue weighted by Gasteiger charge is -2.18. The third-order valence-corrected chi connectivity index (χ3v) is 2.71. The van der Waals surface area contributed by atoms with Gasteiger partial charge in [0, 0.05) is 18.2 Å². The molecule has 1 aliphatic carbocycles. The summed E-state index contributed by atoms with van der Waals surface area (Å²) in [5, 5.41) is 7.67. The Morgan fingerprint density at radius 1 is 1.50 bits per heavy atom. The molecule has 76 valence electrons. The molecule has 4 heteroatoms. The average molecular weight is 193 g/mol. The van der Waals surface area contributed by atoms with Gasteiger partial charge in [-0.05, 0) is 31.9 Å². The number of hydrogen-bond donors (Lipinski definition) is 1. The zero-order valence-electron chi connectivity index (χ0n) is 8.10. The smallest absolute Gasteiger partial charge is 0.233 e. The fraction of sp³-hybridized carbons (Fsp3) is 0.600. The number of nitrogens with two attached hydrogens (primary N) is 1. The van der Waals surface area contributed by atoms with Crippen LogP contribution >= 0.6 is 0 Å². The predicted molar refractivity (Wildman–Crippen MR) is 52.8 cm³/mol. The predicted octanol–water partition coefficient (Wildman–Crippen LogP) is 0.983. The topological polar surface area (TPSA) is 61.0 Å². The summed E-state index contributed by atoms with van der Waals surface area (Å²) >= 11 is 0. The largest absolute Gasteiger partial charge is 0.473 e. The second-order valence-corrected chi connectivity index (χ2v) is 3.64. The molecule has 2 rings (SSSR count). The van der Waals surface area contributed by atoms with Crippen LogP contribution in [0.15, 0.2) is 18.3 Å². The van der Waals surface area contributed by atoms with Gasteiger partial charge in [-0.2, -0.15) is 5.10 Å². The summed E-state index contributed by atoms with van der Waals surface area (Å²) in [6.45, 7) is 0.699. The maximum absolute atomic E-state index is 5.73. The van der Waals surface area contributed by atoms with Crippen molar-refractivity contribution in [3.05, 3.63) is 18.3 Å². The van der Waals surface area contributed by atoms with Crippen LogP contribution in [0.3, 0.4) is 0 Å². The highest BCUT2D eigenvalue weighted by atomic mass is 16.5. The molecule has 1 aliphatic rings. The van der Waals surface area contributed by atoms with E-state index in [4.69, 9.17) is 10.5 Å². The molecule has 1 aromatic heterocycles. The summed E-state index contributed by atoms with van der Waals surface area (Å²) < 4.78 is 5.73. The van der Waals surface area contributed by atoms with E-state index in [1.54, 1.807) is 6.20 Å². The molecule has 1 saturated carbocycles. The van der Waals surface area contributed by atoms with Crippen LogP contribution in [0.25, 0.3) is 0 Å². The van der Waals surface area contributed by atoms with Gasteiger partial charge in [0.2, 0.25) is 5.88 Å². The number of hydrogen-bond acceptors (Lipinski definition) is 4. The van der Waals surface area contributed by atoms with E-state index in [0.717, 1.165) is 6.42 Å². The van der Waals surface area contributed by atoms with E-state index >= 15 is 0 Å². The van der Waals surface area contributed by atoms with E-state index in [2.05, 4.69) is 10.2 Å². The van der Waals surface area contributed by atoms with E-state index in [0.29, 0.717) is 18.3 Å². The third-order valence-electron chi connectivity index (χ3n) is 2.71. The highest BCUT2D eigenvalue weighted by Crippen LogP contribution is 2.27. The molecular formula is C10H15N3O. The molecule has 0 saturated heterocycles. The van der Waals surface area contributed by atoms with E-state index in [1.807, 2.05) is 12.1 Å². The molecule has 0 aromatic carbocycles. The maximum Gasteiger partial charge on any atom is 0.233 e. The normalized spacial score (nSPS) is 26.4. The molecule has 0 radical (unpaired) electrons. The third kappa shape index (κ3) is 2.01. The molecule has 0 amide bonds. The first-order valence-corrected chi connectivity index (χ1v) is 5.04. The molecular weight excluding hydrogens is 178 g/mol. The van der Waals surface area contributed by atoms with Crippen LogP contribution < -0.4 is 10.5 Å². The van der Waals surface area contributed by atoms with Crippen molar-refractivity contribution in [3.8, 4) is 5.88 Å². The summed E-state index contributed by atoms with van der Waals surface area (Å²) in [4.78, 5) is 0. The second kappa shape index (κ2) is 4.37. The molecule has 4 nitrogen and oxygen atoms in total. The van der Waals surface area contributed by atoms with Gasteiger partial charge in [0.1, 0.15) is 6.10 Å². The number of ether oxygens (including phenoxy) is 1. The highest BCUT2D eigenvalue weighted by Gasteiger charge is 2.27.